The second-order valence-corrected chi connectivity index (χ2v) is 9.80. The maximum absolute atomic E-state index is 12.5. The highest BCUT2D eigenvalue weighted by Gasteiger charge is 2.44. The van der Waals surface area contributed by atoms with Gasteiger partial charge in [0.15, 0.2) is 0 Å². The van der Waals surface area contributed by atoms with E-state index in [1.165, 1.54) is 24.9 Å². The Bertz CT molecular complexity index is 700. The molecule has 1 aromatic rings. The lowest BCUT2D eigenvalue weighted by molar-refractivity contribution is -0.0361. The second kappa shape index (κ2) is 15.9. The zero-order valence-electron chi connectivity index (χ0n) is 21.8. The Morgan fingerprint density at radius 3 is 2.41 bits per heavy atom. The van der Waals surface area contributed by atoms with Crippen molar-refractivity contribution in [3.05, 3.63) is 35.9 Å². The summed E-state index contributed by atoms with van der Waals surface area (Å²) in [6.45, 7) is 8.84. The van der Waals surface area contributed by atoms with Crippen LogP contribution in [0, 0.1) is 5.92 Å². The normalized spacial score (nSPS) is 28.6. The van der Waals surface area contributed by atoms with Gasteiger partial charge in [0.1, 0.15) is 0 Å². The molecule has 34 heavy (non-hydrogen) atoms. The van der Waals surface area contributed by atoms with Crippen LogP contribution >= 0.6 is 25.7 Å². The Kier molecular flexibility index (Phi) is 14.5. The molecule has 1 aromatic carbocycles. The first-order chi connectivity index (χ1) is 15.9. The summed E-state index contributed by atoms with van der Waals surface area (Å²) in [5.74, 6) is 1.07. The van der Waals surface area contributed by atoms with Crippen LogP contribution in [0.4, 0.5) is 4.79 Å². The number of methoxy groups -OCH3 is 1. The Hall–Kier alpha value is -0.970. The molecular formula is C25H45N3O4S2. The molecule has 0 aromatic heterocycles. The third kappa shape index (κ3) is 8.31. The fourth-order valence-electron chi connectivity index (χ4n) is 5.15. The van der Waals surface area contributed by atoms with E-state index in [1.54, 1.807) is 7.11 Å². The maximum Gasteiger partial charge on any atom is 0.410 e. The molecule has 1 saturated heterocycles. The average molecular weight is 516 g/mol. The van der Waals surface area contributed by atoms with Crippen LogP contribution in [-0.4, -0.2) is 67.5 Å². The van der Waals surface area contributed by atoms with E-state index in [1.807, 2.05) is 30.2 Å². The molecule has 2 aliphatic rings. The summed E-state index contributed by atoms with van der Waals surface area (Å²) in [4.78, 5) is 14.3. The number of hydrazine groups is 1. The van der Waals surface area contributed by atoms with E-state index in [0.717, 1.165) is 25.7 Å². The summed E-state index contributed by atoms with van der Waals surface area (Å²) in [5.41, 5.74) is 4.87. The zero-order chi connectivity index (χ0) is 24.4. The van der Waals surface area contributed by atoms with Gasteiger partial charge in [-0.1, -0.05) is 51.1 Å². The van der Waals surface area contributed by atoms with Gasteiger partial charge in [0.05, 0.1) is 45.2 Å². The molecule has 6 unspecified atom stereocenters. The first-order valence-corrected chi connectivity index (χ1v) is 12.9. The van der Waals surface area contributed by atoms with E-state index in [-0.39, 0.29) is 43.8 Å². The number of rotatable bonds is 8. The Labute approximate surface area is 218 Å². The van der Waals surface area contributed by atoms with E-state index in [4.69, 9.17) is 13.7 Å². The van der Waals surface area contributed by atoms with Crippen molar-refractivity contribution in [2.45, 2.75) is 83.5 Å². The van der Waals surface area contributed by atoms with Gasteiger partial charge in [0, 0.05) is 19.1 Å². The summed E-state index contributed by atoms with van der Waals surface area (Å²) in [5, 5.41) is 0. The highest BCUT2D eigenvalue weighted by Crippen LogP contribution is 2.38. The SMILES string of the molecule is CC.COSN(C)NC1CC(C)N(C(=O)OC)C1COC1CCC(c2ccccc2)CC1C.S. The van der Waals surface area contributed by atoms with Crippen molar-refractivity contribution in [1.82, 2.24) is 14.7 Å². The third-order valence-electron chi connectivity index (χ3n) is 6.65. The number of hydrogen-bond donors (Lipinski definition) is 1. The molecule has 1 amide bonds. The van der Waals surface area contributed by atoms with Crippen LogP contribution in [0.25, 0.3) is 0 Å². The third-order valence-corrected chi connectivity index (χ3v) is 7.13. The molecule has 3 rings (SSSR count). The highest BCUT2D eigenvalue weighted by molar-refractivity contribution is 7.92. The van der Waals surface area contributed by atoms with E-state index in [9.17, 15) is 4.79 Å². The number of ether oxygens (including phenoxy) is 2. The molecule has 7 nitrogen and oxygen atoms in total. The zero-order valence-corrected chi connectivity index (χ0v) is 23.6. The molecule has 0 radical (unpaired) electrons. The molecule has 6 atom stereocenters. The lowest BCUT2D eigenvalue weighted by atomic mass is 9.77. The molecule has 2 fully saturated rings. The predicted molar refractivity (Wildman–Crippen MR) is 145 cm³/mol. The van der Waals surface area contributed by atoms with Gasteiger partial charge in [-0.2, -0.15) is 17.9 Å². The van der Waals surface area contributed by atoms with Crippen molar-refractivity contribution in [3.8, 4) is 0 Å². The minimum absolute atomic E-state index is 0. The van der Waals surface area contributed by atoms with E-state index < -0.39 is 0 Å². The molecule has 1 N–H and O–H groups in total. The monoisotopic (exact) mass is 515 g/mol. The van der Waals surface area contributed by atoms with Crippen LogP contribution in [0.2, 0.25) is 0 Å². The highest BCUT2D eigenvalue weighted by atomic mass is 32.2. The summed E-state index contributed by atoms with van der Waals surface area (Å²) >= 11 is 1.23. The Morgan fingerprint density at radius 1 is 1.15 bits per heavy atom. The van der Waals surface area contributed by atoms with Gasteiger partial charge >= 0.3 is 6.09 Å². The molecule has 0 spiro atoms. The van der Waals surface area contributed by atoms with Gasteiger partial charge < -0.3 is 13.7 Å². The van der Waals surface area contributed by atoms with Crippen molar-refractivity contribution >= 4 is 31.8 Å². The van der Waals surface area contributed by atoms with Gasteiger partial charge in [0.25, 0.3) is 0 Å². The fraction of sp³-hybridized carbons (Fsp3) is 0.720. The van der Waals surface area contributed by atoms with Gasteiger partial charge in [0.2, 0.25) is 0 Å². The van der Waals surface area contributed by atoms with Crippen molar-refractivity contribution < 1.29 is 18.5 Å². The molecule has 1 aliphatic heterocycles. The van der Waals surface area contributed by atoms with Gasteiger partial charge in [-0.3, -0.25) is 4.90 Å². The maximum atomic E-state index is 12.5. The lowest BCUT2D eigenvalue weighted by Gasteiger charge is -2.37. The topological polar surface area (TPSA) is 63.3 Å². The van der Waals surface area contributed by atoms with Crippen LogP contribution in [0.5, 0.6) is 0 Å². The Morgan fingerprint density at radius 2 is 1.82 bits per heavy atom. The number of nitrogens with zero attached hydrogens (tertiary/aromatic N) is 2. The number of benzene rings is 1. The summed E-state index contributed by atoms with van der Waals surface area (Å²) in [6, 6.07) is 10.8. The number of likely N-dealkylation sites (tertiary alicyclic amines) is 1. The molecule has 1 heterocycles. The number of carbonyl (C=O) groups is 1. The molecule has 1 saturated carbocycles. The smallest absolute Gasteiger partial charge is 0.410 e. The van der Waals surface area contributed by atoms with E-state index in [0.29, 0.717) is 18.4 Å². The Balaban J connectivity index is 0.00000188. The first kappa shape index (κ1) is 31.1. The average Bonchev–Trinajstić information content (AvgIpc) is 3.14. The molecule has 0 bridgehead atoms. The lowest BCUT2D eigenvalue weighted by Crippen LogP contribution is -2.51. The van der Waals surface area contributed by atoms with E-state index >= 15 is 0 Å². The minimum atomic E-state index is -0.298. The number of hydrogen-bond acceptors (Lipinski definition) is 7. The summed E-state index contributed by atoms with van der Waals surface area (Å²) in [7, 11) is 4.98. The van der Waals surface area contributed by atoms with Crippen LogP contribution in [0.3, 0.4) is 0 Å². The number of carbonyl (C=O) groups excluding carboxylic acids is 1. The molecule has 9 heteroatoms. The second-order valence-electron chi connectivity index (χ2n) is 8.77. The van der Waals surface area contributed by atoms with Crippen molar-refractivity contribution in [2.24, 2.45) is 5.92 Å². The summed E-state index contributed by atoms with van der Waals surface area (Å²) < 4.78 is 18.5. The van der Waals surface area contributed by atoms with Gasteiger partial charge in [-0.05, 0) is 50.0 Å². The molecular weight excluding hydrogens is 470 g/mol. The van der Waals surface area contributed by atoms with Crippen molar-refractivity contribution in [3.63, 3.8) is 0 Å². The van der Waals surface area contributed by atoms with Crippen LogP contribution < -0.4 is 5.43 Å². The van der Waals surface area contributed by atoms with Crippen molar-refractivity contribution in [2.75, 3.05) is 27.9 Å². The van der Waals surface area contributed by atoms with E-state index in [2.05, 4.69) is 49.6 Å². The quantitative estimate of drug-likeness (QED) is 0.284. The van der Waals surface area contributed by atoms with Crippen LogP contribution in [0.15, 0.2) is 30.3 Å². The predicted octanol–water partition coefficient (Wildman–Crippen LogP) is 5.36. The molecule has 196 valence electrons. The first-order valence-electron chi connectivity index (χ1n) is 12.2. The van der Waals surface area contributed by atoms with Gasteiger partial charge in [-0.25, -0.2) is 10.2 Å². The largest absolute Gasteiger partial charge is 0.453 e. The van der Waals surface area contributed by atoms with Crippen LogP contribution in [0.1, 0.15) is 64.9 Å². The van der Waals surface area contributed by atoms with Gasteiger partial charge in [-0.15, -0.1) is 0 Å². The van der Waals surface area contributed by atoms with Crippen LogP contribution in [-0.2, 0) is 13.7 Å². The summed E-state index contributed by atoms with van der Waals surface area (Å²) in [6.07, 6.45) is 4.05. The number of nitrogens with one attached hydrogen (secondary N) is 1. The molecule has 1 aliphatic carbocycles. The standard InChI is InChI=1S/C23H37N3O4S.C2H6.H2S/c1-16-13-19(18-9-7-6-8-10-18)11-12-22(16)30-15-21-20(24-25(3)31-29-5)14-17(2)26(21)23(27)28-4;1-2;/h6-10,16-17,19-22,24H,11-15H2,1-5H3;1-2H3;1H2. The minimum Gasteiger partial charge on any atom is -0.453 e. The van der Waals surface area contributed by atoms with Crippen molar-refractivity contribution in [1.29, 1.82) is 0 Å². The number of amides is 1. The fourth-order valence-corrected chi connectivity index (χ4v) is 5.55.